The van der Waals surface area contributed by atoms with Crippen LogP contribution in [0.5, 0.6) is 5.75 Å². The Morgan fingerprint density at radius 2 is 1.80 bits per heavy atom. The molecule has 4 rings (SSSR count). The first-order valence-corrected chi connectivity index (χ1v) is 8.61. The third-order valence-corrected chi connectivity index (χ3v) is 4.56. The molecule has 1 fully saturated rings. The van der Waals surface area contributed by atoms with Crippen LogP contribution in [0.15, 0.2) is 36.5 Å². The molecule has 134 valence electrons. The fraction of sp³-hybridized carbons (Fsp3) is 0.421. The van der Waals surface area contributed by atoms with Crippen molar-refractivity contribution in [1.29, 1.82) is 0 Å². The predicted octanol–water partition coefficient (Wildman–Crippen LogP) is 2.56. The summed E-state index contributed by atoms with van der Waals surface area (Å²) in [6.07, 6.45) is 2.92. The van der Waals surface area contributed by atoms with Crippen LogP contribution in [0.1, 0.15) is 16.7 Å². The standard InChI is InChI=1S/C19H23N3O2.ClH/c1-2-18-17(4-8-24-18)11-15(1)13-20-14-16-3-5-21-19(12-16)22-6-9-23-10-7-22;/h1-3,5,11-12,20H,4,6-10,13-14H2;1H. The zero-order valence-electron chi connectivity index (χ0n) is 14.2. The van der Waals surface area contributed by atoms with Gasteiger partial charge in [0.25, 0.3) is 0 Å². The second-order valence-corrected chi connectivity index (χ2v) is 6.27. The lowest BCUT2D eigenvalue weighted by atomic mass is 10.1. The van der Waals surface area contributed by atoms with Crippen LogP contribution in [-0.2, 0) is 24.2 Å². The van der Waals surface area contributed by atoms with E-state index in [4.69, 9.17) is 9.47 Å². The van der Waals surface area contributed by atoms with Gasteiger partial charge in [0.05, 0.1) is 19.8 Å². The van der Waals surface area contributed by atoms with E-state index in [1.165, 1.54) is 16.7 Å². The third kappa shape index (κ3) is 4.42. The van der Waals surface area contributed by atoms with Crippen LogP contribution in [-0.4, -0.2) is 37.9 Å². The van der Waals surface area contributed by atoms with Crippen molar-refractivity contribution in [2.75, 3.05) is 37.8 Å². The van der Waals surface area contributed by atoms with Crippen molar-refractivity contribution < 1.29 is 9.47 Å². The van der Waals surface area contributed by atoms with Gasteiger partial charge < -0.3 is 19.7 Å². The number of anilines is 1. The van der Waals surface area contributed by atoms with Crippen LogP contribution in [0.3, 0.4) is 0 Å². The highest BCUT2D eigenvalue weighted by Gasteiger charge is 2.13. The summed E-state index contributed by atoms with van der Waals surface area (Å²) < 4.78 is 11.0. The highest BCUT2D eigenvalue weighted by molar-refractivity contribution is 5.85. The minimum absolute atomic E-state index is 0. The number of rotatable bonds is 5. The Morgan fingerprint density at radius 1 is 1.00 bits per heavy atom. The van der Waals surface area contributed by atoms with Crippen molar-refractivity contribution >= 4 is 18.2 Å². The smallest absolute Gasteiger partial charge is 0.128 e. The molecular formula is C19H24ClN3O2. The van der Waals surface area contributed by atoms with Crippen LogP contribution in [0.25, 0.3) is 0 Å². The first-order chi connectivity index (χ1) is 11.9. The lowest BCUT2D eigenvalue weighted by Gasteiger charge is -2.28. The van der Waals surface area contributed by atoms with Gasteiger partial charge in [0.1, 0.15) is 11.6 Å². The van der Waals surface area contributed by atoms with Crippen molar-refractivity contribution in [3.63, 3.8) is 0 Å². The summed E-state index contributed by atoms with van der Waals surface area (Å²) in [6, 6.07) is 10.7. The fourth-order valence-electron chi connectivity index (χ4n) is 3.24. The number of ether oxygens (including phenoxy) is 2. The van der Waals surface area contributed by atoms with E-state index >= 15 is 0 Å². The lowest BCUT2D eigenvalue weighted by Crippen LogP contribution is -2.36. The van der Waals surface area contributed by atoms with Gasteiger partial charge in [-0.3, -0.25) is 0 Å². The average molecular weight is 362 g/mol. The van der Waals surface area contributed by atoms with Gasteiger partial charge in [-0.1, -0.05) is 12.1 Å². The van der Waals surface area contributed by atoms with Crippen molar-refractivity contribution in [3.05, 3.63) is 53.2 Å². The minimum atomic E-state index is 0. The summed E-state index contributed by atoms with van der Waals surface area (Å²) in [7, 11) is 0. The monoisotopic (exact) mass is 361 g/mol. The summed E-state index contributed by atoms with van der Waals surface area (Å²) in [5.41, 5.74) is 3.89. The molecule has 0 aliphatic carbocycles. The quantitative estimate of drug-likeness (QED) is 0.886. The van der Waals surface area contributed by atoms with E-state index in [2.05, 4.69) is 45.5 Å². The summed E-state index contributed by atoms with van der Waals surface area (Å²) in [6.45, 7) is 5.92. The molecule has 0 amide bonds. The number of fused-ring (bicyclic) bond motifs is 1. The molecule has 1 aromatic heterocycles. The second kappa shape index (κ2) is 8.52. The molecule has 6 heteroatoms. The highest BCUT2D eigenvalue weighted by Crippen LogP contribution is 2.25. The number of hydrogen-bond donors (Lipinski definition) is 1. The third-order valence-electron chi connectivity index (χ3n) is 4.56. The van der Waals surface area contributed by atoms with Gasteiger partial charge in [-0.25, -0.2) is 4.98 Å². The molecule has 25 heavy (non-hydrogen) atoms. The number of hydrogen-bond acceptors (Lipinski definition) is 5. The molecule has 0 spiro atoms. The molecule has 0 bridgehead atoms. The van der Waals surface area contributed by atoms with Crippen molar-refractivity contribution in [1.82, 2.24) is 10.3 Å². The normalized spacial score (nSPS) is 16.1. The number of benzene rings is 1. The SMILES string of the molecule is Cl.c1cc(CNCc2ccc3c(c2)CCO3)cc(N2CCOCC2)n1. The topological polar surface area (TPSA) is 46.6 Å². The molecule has 2 aliphatic rings. The molecule has 0 radical (unpaired) electrons. The van der Waals surface area contributed by atoms with Crippen molar-refractivity contribution in [2.24, 2.45) is 0 Å². The number of morpholine rings is 1. The summed E-state index contributed by atoms with van der Waals surface area (Å²) in [5, 5.41) is 3.53. The van der Waals surface area contributed by atoms with Gasteiger partial charge >= 0.3 is 0 Å². The zero-order chi connectivity index (χ0) is 16.2. The van der Waals surface area contributed by atoms with Crippen LogP contribution in [0.2, 0.25) is 0 Å². The number of pyridine rings is 1. The van der Waals surface area contributed by atoms with Gasteiger partial charge in [-0.05, 0) is 34.9 Å². The zero-order valence-corrected chi connectivity index (χ0v) is 15.1. The fourth-order valence-corrected chi connectivity index (χ4v) is 3.24. The van der Waals surface area contributed by atoms with Gasteiger partial charge in [-0.15, -0.1) is 12.4 Å². The van der Waals surface area contributed by atoms with Gasteiger partial charge in [0.15, 0.2) is 0 Å². The van der Waals surface area contributed by atoms with Gasteiger partial charge in [0.2, 0.25) is 0 Å². The summed E-state index contributed by atoms with van der Waals surface area (Å²) in [4.78, 5) is 6.78. The van der Waals surface area contributed by atoms with Gasteiger partial charge in [-0.2, -0.15) is 0 Å². The van der Waals surface area contributed by atoms with E-state index in [0.717, 1.165) is 64.0 Å². The van der Waals surface area contributed by atoms with Gasteiger partial charge in [0, 0.05) is 38.8 Å². The Bertz CT molecular complexity index is 705. The van der Waals surface area contributed by atoms with E-state index in [1.54, 1.807) is 0 Å². The van der Waals surface area contributed by atoms with Crippen LogP contribution in [0.4, 0.5) is 5.82 Å². The Hall–Kier alpha value is -1.82. The maximum absolute atomic E-state index is 5.56. The molecular weight excluding hydrogens is 338 g/mol. The van der Waals surface area contributed by atoms with Crippen LogP contribution < -0.4 is 15.0 Å². The van der Waals surface area contributed by atoms with E-state index in [-0.39, 0.29) is 12.4 Å². The molecule has 0 saturated carbocycles. The Morgan fingerprint density at radius 3 is 2.64 bits per heavy atom. The minimum Gasteiger partial charge on any atom is -0.493 e. The summed E-state index contributed by atoms with van der Waals surface area (Å²) in [5.74, 6) is 2.09. The molecule has 2 aromatic rings. The van der Waals surface area contributed by atoms with Crippen LogP contribution >= 0.6 is 12.4 Å². The van der Waals surface area contributed by atoms with Crippen molar-refractivity contribution in [2.45, 2.75) is 19.5 Å². The predicted molar refractivity (Wildman–Crippen MR) is 101 cm³/mol. The Balaban J connectivity index is 0.00000182. The molecule has 0 atom stereocenters. The van der Waals surface area contributed by atoms with Crippen molar-refractivity contribution in [3.8, 4) is 5.75 Å². The first kappa shape index (κ1) is 18.0. The Labute approximate surface area is 154 Å². The number of nitrogens with zero attached hydrogens (tertiary/aromatic N) is 2. The molecule has 2 aliphatic heterocycles. The maximum Gasteiger partial charge on any atom is 0.128 e. The second-order valence-electron chi connectivity index (χ2n) is 6.27. The average Bonchev–Trinajstić information content (AvgIpc) is 3.11. The molecule has 0 unspecified atom stereocenters. The maximum atomic E-state index is 5.56. The lowest BCUT2D eigenvalue weighted by molar-refractivity contribution is 0.122. The van der Waals surface area contributed by atoms with E-state index in [0.29, 0.717) is 0 Å². The number of nitrogens with one attached hydrogen (secondary N) is 1. The Kier molecular flexibility index (Phi) is 6.13. The highest BCUT2D eigenvalue weighted by atomic mass is 35.5. The number of aromatic nitrogens is 1. The van der Waals surface area contributed by atoms with E-state index < -0.39 is 0 Å². The molecule has 1 saturated heterocycles. The van der Waals surface area contributed by atoms with E-state index in [9.17, 15) is 0 Å². The van der Waals surface area contributed by atoms with E-state index in [1.807, 2.05) is 6.20 Å². The largest absolute Gasteiger partial charge is 0.493 e. The first-order valence-electron chi connectivity index (χ1n) is 8.61. The van der Waals surface area contributed by atoms with Crippen LogP contribution in [0, 0.1) is 0 Å². The summed E-state index contributed by atoms with van der Waals surface area (Å²) >= 11 is 0. The molecule has 5 nitrogen and oxygen atoms in total. The molecule has 1 N–H and O–H groups in total. The molecule has 3 heterocycles. The number of halogens is 1. The molecule has 1 aromatic carbocycles.